The molecular weight excluding hydrogens is 272 g/mol. The highest BCUT2D eigenvalue weighted by molar-refractivity contribution is 7.14. The van der Waals surface area contributed by atoms with Gasteiger partial charge in [0.25, 0.3) is 5.91 Å². The molecule has 1 aliphatic rings. The minimum absolute atomic E-state index is 0.0957. The molecule has 0 radical (unpaired) electrons. The van der Waals surface area contributed by atoms with E-state index in [0.29, 0.717) is 10.9 Å². The number of aromatic nitrogens is 3. The Morgan fingerprint density at radius 1 is 1.50 bits per heavy atom. The number of carbonyl (C=O) groups excluding carboxylic acids is 1. The van der Waals surface area contributed by atoms with Crippen molar-refractivity contribution in [2.45, 2.75) is 25.3 Å². The highest BCUT2D eigenvalue weighted by Crippen LogP contribution is 2.32. The summed E-state index contributed by atoms with van der Waals surface area (Å²) in [6.07, 6.45) is 11.1. The summed E-state index contributed by atoms with van der Waals surface area (Å²) in [6, 6.07) is 2.55. The Labute approximate surface area is 121 Å². The number of carbonyl (C=O) groups is 1. The third-order valence-electron chi connectivity index (χ3n) is 3.49. The molecule has 0 aromatic carbocycles. The summed E-state index contributed by atoms with van der Waals surface area (Å²) in [6.45, 7) is 0. The van der Waals surface area contributed by atoms with Crippen molar-refractivity contribution in [3.8, 4) is 0 Å². The summed E-state index contributed by atoms with van der Waals surface area (Å²) < 4.78 is 2.08. The van der Waals surface area contributed by atoms with Gasteiger partial charge in [-0.3, -0.25) is 9.48 Å². The Morgan fingerprint density at radius 2 is 2.35 bits per heavy atom. The summed E-state index contributed by atoms with van der Waals surface area (Å²) >= 11 is 1.38. The van der Waals surface area contributed by atoms with Crippen LogP contribution in [0.25, 0.3) is 12.2 Å². The van der Waals surface area contributed by atoms with Crippen LogP contribution < -0.4 is 5.32 Å². The van der Waals surface area contributed by atoms with Crippen LogP contribution in [0.2, 0.25) is 0 Å². The molecule has 0 saturated heterocycles. The monoisotopic (exact) mass is 288 g/mol. The molecule has 2 aromatic heterocycles. The van der Waals surface area contributed by atoms with E-state index >= 15 is 0 Å². The van der Waals surface area contributed by atoms with Crippen molar-refractivity contribution in [1.82, 2.24) is 20.1 Å². The zero-order valence-corrected chi connectivity index (χ0v) is 12.1. The summed E-state index contributed by atoms with van der Waals surface area (Å²) in [4.78, 5) is 16.3. The first kappa shape index (κ1) is 13.1. The van der Waals surface area contributed by atoms with Crippen molar-refractivity contribution in [2.75, 3.05) is 7.05 Å². The second-order valence-electron chi connectivity index (χ2n) is 4.76. The van der Waals surface area contributed by atoms with Crippen LogP contribution in [-0.2, 0) is 0 Å². The fourth-order valence-electron chi connectivity index (χ4n) is 2.14. The lowest BCUT2D eigenvalue weighted by atomic mass is 9.93. The van der Waals surface area contributed by atoms with Crippen LogP contribution in [-0.4, -0.2) is 27.7 Å². The van der Waals surface area contributed by atoms with Crippen LogP contribution in [0.15, 0.2) is 18.5 Å². The predicted molar refractivity (Wildman–Crippen MR) is 79.5 cm³/mol. The van der Waals surface area contributed by atoms with E-state index in [9.17, 15) is 4.79 Å². The fraction of sp³-hybridized carbons (Fsp3) is 0.357. The maximum atomic E-state index is 11.5. The van der Waals surface area contributed by atoms with Gasteiger partial charge in [-0.15, -0.1) is 11.3 Å². The number of hydrogen-bond acceptors (Lipinski definition) is 4. The number of nitrogens with zero attached hydrogens (tertiary/aromatic N) is 3. The van der Waals surface area contributed by atoms with Gasteiger partial charge in [-0.25, -0.2) is 4.98 Å². The quantitative estimate of drug-likeness (QED) is 0.940. The van der Waals surface area contributed by atoms with Crippen LogP contribution in [0.3, 0.4) is 0 Å². The normalized spacial score (nSPS) is 15.4. The number of nitrogens with one attached hydrogen (secondary N) is 1. The Hall–Kier alpha value is -1.95. The molecule has 2 heterocycles. The standard InChI is InChI=1S/C14H16N4OS/c1-15-14(19)12-9-16-13(20-12)6-5-11-7-8-17-18(11)10-3-2-4-10/h5-10H,2-4H2,1H3,(H,15,19)/b6-5+. The molecule has 0 unspecified atom stereocenters. The van der Waals surface area contributed by atoms with E-state index in [1.165, 1.54) is 30.6 Å². The second-order valence-corrected chi connectivity index (χ2v) is 5.82. The average molecular weight is 288 g/mol. The Balaban J connectivity index is 1.75. The first-order chi connectivity index (χ1) is 9.78. The lowest BCUT2D eigenvalue weighted by Crippen LogP contribution is -2.19. The van der Waals surface area contributed by atoms with E-state index in [1.54, 1.807) is 13.2 Å². The number of amides is 1. The molecule has 20 heavy (non-hydrogen) atoms. The lowest BCUT2D eigenvalue weighted by molar-refractivity contribution is 0.0967. The largest absolute Gasteiger partial charge is 0.354 e. The summed E-state index contributed by atoms with van der Waals surface area (Å²) in [7, 11) is 1.62. The number of rotatable bonds is 4. The first-order valence-electron chi connectivity index (χ1n) is 6.67. The number of hydrogen-bond donors (Lipinski definition) is 1. The first-order valence-corrected chi connectivity index (χ1v) is 7.49. The Bertz CT molecular complexity index is 639. The molecule has 0 bridgehead atoms. The fourth-order valence-corrected chi connectivity index (χ4v) is 2.91. The van der Waals surface area contributed by atoms with Gasteiger partial charge in [0.2, 0.25) is 0 Å². The highest BCUT2D eigenvalue weighted by Gasteiger charge is 2.21. The van der Waals surface area contributed by atoms with Crippen LogP contribution in [0, 0.1) is 0 Å². The molecule has 1 fully saturated rings. The minimum atomic E-state index is -0.0957. The van der Waals surface area contributed by atoms with Gasteiger partial charge in [0.15, 0.2) is 0 Å². The van der Waals surface area contributed by atoms with Gasteiger partial charge < -0.3 is 5.32 Å². The molecule has 1 amide bonds. The molecule has 1 aliphatic carbocycles. The van der Waals surface area contributed by atoms with Gasteiger partial charge >= 0.3 is 0 Å². The summed E-state index contributed by atoms with van der Waals surface area (Å²) in [5, 5.41) is 7.80. The SMILES string of the molecule is CNC(=O)c1cnc(/C=C/c2ccnn2C2CCC2)s1. The molecule has 6 heteroatoms. The van der Waals surface area contributed by atoms with Gasteiger partial charge in [-0.1, -0.05) is 0 Å². The van der Waals surface area contributed by atoms with E-state index in [0.717, 1.165) is 10.7 Å². The van der Waals surface area contributed by atoms with Crippen molar-refractivity contribution in [1.29, 1.82) is 0 Å². The van der Waals surface area contributed by atoms with Crippen LogP contribution in [0.1, 0.15) is 45.7 Å². The van der Waals surface area contributed by atoms with E-state index in [4.69, 9.17) is 0 Å². The molecule has 104 valence electrons. The molecular formula is C14H16N4OS. The molecule has 1 saturated carbocycles. The molecule has 0 aliphatic heterocycles. The van der Waals surface area contributed by atoms with Gasteiger partial charge in [0, 0.05) is 13.2 Å². The van der Waals surface area contributed by atoms with Gasteiger partial charge in [0.1, 0.15) is 9.88 Å². The van der Waals surface area contributed by atoms with Crippen LogP contribution in [0.5, 0.6) is 0 Å². The van der Waals surface area contributed by atoms with E-state index in [1.807, 2.05) is 24.4 Å². The van der Waals surface area contributed by atoms with Crippen molar-refractivity contribution >= 4 is 29.4 Å². The summed E-state index contributed by atoms with van der Waals surface area (Å²) in [5.74, 6) is -0.0957. The summed E-state index contributed by atoms with van der Waals surface area (Å²) in [5.41, 5.74) is 1.09. The predicted octanol–water partition coefficient (Wildman–Crippen LogP) is 2.59. The Morgan fingerprint density at radius 3 is 3.05 bits per heavy atom. The maximum absolute atomic E-state index is 11.5. The molecule has 0 spiro atoms. The minimum Gasteiger partial charge on any atom is -0.354 e. The van der Waals surface area contributed by atoms with Crippen molar-refractivity contribution in [2.24, 2.45) is 0 Å². The number of thiazole rings is 1. The van der Waals surface area contributed by atoms with Crippen molar-refractivity contribution < 1.29 is 4.79 Å². The van der Waals surface area contributed by atoms with Gasteiger partial charge in [0.05, 0.1) is 17.9 Å². The van der Waals surface area contributed by atoms with Gasteiger partial charge in [-0.05, 0) is 37.5 Å². The molecule has 1 N–H and O–H groups in total. The zero-order chi connectivity index (χ0) is 13.9. The molecule has 5 nitrogen and oxygen atoms in total. The lowest BCUT2D eigenvalue weighted by Gasteiger charge is -2.26. The third-order valence-corrected chi connectivity index (χ3v) is 4.45. The molecule has 2 aromatic rings. The molecule has 3 rings (SSSR count). The van der Waals surface area contributed by atoms with Crippen LogP contribution >= 0.6 is 11.3 Å². The molecule has 0 atom stereocenters. The van der Waals surface area contributed by atoms with Gasteiger partial charge in [-0.2, -0.15) is 5.10 Å². The Kier molecular flexibility index (Phi) is 3.64. The van der Waals surface area contributed by atoms with Crippen LogP contribution in [0.4, 0.5) is 0 Å². The second kappa shape index (κ2) is 5.58. The van der Waals surface area contributed by atoms with E-state index < -0.39 is 0 Å². The van der Waals surface area contributed by atoms with Crippen molar-refractivity contribution in [3.05, 3.63) is 34.0 Å². The highest BCUT2D eigenvalue weighted by atomic mass is 32.1. The topological polar surface area (TPSA) is 59.8 Å². The average Bonchev–Trinajstić information content (AvgIpc) is 3.02. The third kappa shape index (κ3) is 2.51. The van der Waals surface area contributed by atoms with Crippen molar-refractivity contribution in [3.63, 3.8) is 0 Å². The maximum Gasteiger partial charge on any atom is 0.262 e. The zero-order valence-electron chi connectivity index (χ0n) is 11.2. The smallest absolute Gasteiger partial charge is 0.262 e. The van der Waals surface area contributed by atoms with E-state index in [-0.39, 0.29) is 5.91 Å². The van der Waals surface area contributed by atoms with E-state index in [2.05, 4.69) is 20.1 Å².